The number of hydrogen-bond acceptors (Lipinski definition) is 5. The van der Waals surface area contributed by atoms with Gasteiger partial charge in [0.15, 0.2) is 12.3 Å². The minimum Gasteiger partial charge on any atom is -0.484 e. The zero-order valence-corrected chi connectivity index (χ0v) is 17.3. The van der Waals surface area contributed by atoms with Crippen molar-refractivity contribution >= 4 is 34.2 Å². The second kappa shape index (κ2) is 8.08. The predicted octanol–water partition coefficient (Wildman–Crippen LogP) is 2.43. The number of rotatable bonds is 5. The Morgan fingerprint density at radius 3 is 2.45 bits per heavy atom. The number of carbonyl (C=O) groups excluding carboxylic acids is 1. The molecule has 3 aromatic rings. The van der Waals surface area contributed by atoms with E-state index in [0.29, 0.717) is 22.0 Å². The molecule has 1 amide bonds. The Bertz CT molecular complexity index is 1200. The van der Waals surface area contributed by atoms with Crippen LogP contribution in [0.2, 0.25) is 5.02 Å². The molecular formula is C20H21ClN4O4. The van der Waals surface area contributed by atoms with Crippen molar-refractivity contribution in [3.8, 4) is 5.75 Å². The van der Waals surface area contributed by atoms with Crippen molar-refractivity contribution in [3.05, 3.63) is 61.9 Å². The van der Waals surface area contributed by atoms with E-state index >= 15 is 0 Å². The van der Waals surface area contributed by atoms with E-state index < -0.39 is 17.2 Å². The van der Waals surface area contributed by atoms with Gasteiger partial charge in [-0.2, -0.15) is 0 Å². The van der Waals surface area contributed by atoms with Crippen molar-refractivity contribution in [3.63, 3.8) is 0 Å². The number of ether oxygens (including phenoxy) is 1. The second-order valence-corrected chi connectivity index (χ2v) is 7.37. The van der Waals surface area contributed by atoms with E-state index in [2.05, 4.69) is 10.3 Å². The molecule has 0 saturated carbocycles. The molecule has 0 saturated heterocycles. The van der Waals surface area contributed by atoms with Gasteiger partial charge in [0.1, 0.15) is 11.1 Å². The van der Waals surface area contributed by atoms with Gasteiger partial charge in [0, 0.05) is 25.3 Å². The second-order valence-electron chi connectivity index (χ2n) is 6.94. The van der Waals surface area contributed by atoms with Crippen molar-refractivity contribution in [1.82, 2.24) is 14.1 Å². The Hall–Kier alpha value is -3.13. The lowest BCUT2D eigenvalue weighted by atomic mass is 10.0. The summed E-state index contributed by atoms with van der Waals surface area (Å²) in [6, 6.07) is 6.63. The predicted molar refractivity (Wildman–Crippen MR) is 112 cm³/mol. The van der Waals surface area contributed by atoms with Crippen molar-refractivity contribution in [2.45, 2.75) is 19.8 Å². The summed E-state index contributed by atoms with van der Waals surface area (Å²) in [5.41, 5.74) is 0.220. The van der Waals surface area contributed by atoms with Gasteiger partial charge in [-0.3, -0.25) is 18.7 Å². The SMILES string of the molecule is CC(C)c1cnc2c(c1NC(=O)COc1ccc(Cl)cc1)c(=O)n(C)c(=O)n2C. The van der Waals surface area contributed by atoms with E-state index in [-0.39, 0.29) is 23.6 Å². The van der Waals surface area contributed by atoms with Gasteiger partial charge in [0.05, 0.1) is 5.69 Å². The number of nitrogens with zero attached hydrogens (tertiary/aromatic N) is 3. The van der Waals surface area contributed by atoms with Gasteiger partial charge in [-0.25, -0.2) is 9.78 Å². The fraction of sp³-hybridized carbons (Fsp3) is 0.300. The maximum Gasteiger partial charge on any atom is 0.332 e. The largest absolute Gasteiger partial charge is 0.484 e. The standard InChI is InChI=1S/C20H21ClN4O4/c1-11(2)14-9-22-18-16(19(27)25(4)20(28)24(18)3)17(14)23-15(26)10-29-13-7-5-12(21)6-8-13/h5-9,11H,10H2,1-4H3,(H,22,23,26). The number of hydrogen-bond donors (Lipinski definition) is 1. The molecule has 1 aromatic carbocycles. The summed E-state index contributed by atoms with van der Waals surface area (Å²) in [6.45, 7) is 3.60. The number of halogens is 1. The van der Waals surface area contributed by atoms with E-state index in [0.717, 1.165) is 4.57 Å². The van der Waals surface area contributed by atoms with Gasteiger partial charge in [0.2, 0.25) is 0 Å². The summed E-state index contributed by atoms with van der Waals surface area (Å²) < 4.78 is 7.75. The third-order valence-corrected chi connectivity index (χ3v) is 4.82. The molecule has 152 valence electrons. The smallest absolute Gasteiger partial charge is 0.332 e. The number of aryl methyl sites for hydroxylation is 1. The van der Waals surface area contributed by atoms with Crippen LogP contribution in [0.25, 0.3) is 11.0 Å². The zero-order chi connectivity index (χ0) is 21.3. The first-order chi connectivity index (χ1) is 13.7. The van der Waals surface area contributed by atoms with Crippen molar-refractivity contribution in [1.29, 1.82) is 0 Å². The topological polar surface area (TPSA) is 95.2 Å². The van der Waals surface area contributed by atoms with Crippen LogP contribution in [0, 0.1) is 0 Å². The average Bonchev–Trinajstić information content (AvgIpc) is 2.69. The number of benzene rings is 1. The number of aromatic nitrogens is 3. The van der Waals surface area contributed by atoms with Crippen LogP contribution in [0.3, 0.4) is 0 Å². The van der Waals surface area contributed by atoms with E-state index in [1.54, 1.807) is 30.5 Å². The molecule has 0 aliphatic heterocycles. The van der Waals surface area contributed by atoms with Gasteiger partial charge in [-0.15, -0.1) is 0 Å². The Kier molecular flexibility index (Phi) is 5.74. The first-order valence-electron chi connectivity index (χ1n) is 8.97. The average molecular weight is 417 g/mol. The van der Waals surface area contributed by atoms with Crippen LogP contribution in [0.5, 0.6) is 5.75 Å². The van der Waals surface area contributed by atoms with E-state index in [1.807, 2.05) is 13.8 Å². The molecule has 0 radical (unpaired) electrons. The van der Waals surface area contributed by atoms with Gasteiger partial charge in [-0.05, 0) is 35.7 Å². The molecule has 1 N–H and O–H groups in total. The minimum atomic E-state index is -0.521. The Morgan fingerprint density at radius 1 is 1.17 bits per heavy atom. The van der Waals surface area contributed by atoms with Crippen LogP contribution in [-0.2, 0) is 18.9 Å². The zero-order valence-electron chi connectivity index (χ0n) is 16.5. The van der Waals surface area contributed by atoms with Gasteiger partial charge in [0.25, 0.3) is 11.5 Å². The fourth-order valence-corrected chi connectivity index (χ4v) is 3.10. The van der Waals surface area contributed by atoms with Crippen LogP contribution in [0.4, 0.5) is 5.69 Å². The van der Waals surface area contributed by atoms with Gasteiger partial charge >= 0.3 is 5.69 Å². The number of carbonyl (C=O) groups is 1. The van der Waals surface area contributed by atoms with Crippen molar-refractivity contribution in [2.75, 3.05) is 11.9 Å². The summed E-state index contributed by atoms with van der Waals surface area (Å²) in [5.74, 6) is 0.0399. The minimum absolute atomic E-state index is 0.0127. The molecule has 29 heavy (non-hydrogen) atoms. The molecule has 0 spiro atoms. The third kappa shape index (κ3) is 4.02. The molecule has 0 unspecified atom stereocenters. The van der Waals surface area contributed by atoms with Crippen molar-refractivity contribution < 1.29 is 9.53 Å². The third-order valence-electron chi connectivity index (χ3n) is 4.57. The first kappa shape index (κ1) is 20.6. The van der Waals surface area contributed by atoms with Crippen LogP contribution in [0.15, 0.2) is 40.1 Å². The normalized spacial score (nSPS) is 11.1. The summed E-state index contributed by atoms with van der Waals surface area (Å²) in [7, 11) is 2.92. The highest BCUT2D eigenvalue weighted by Gasteiger charge is 2.20. The number of nitrogens with one attached hydrogen (secondary N) is 1. The van der Waals surface area contributed by atoms with E-state index in [9.17, 15) is 14.4 Å². The molecule has 8 nitrogen and oxygen atoms in total. The number of amides is 1. The van der Waals surface area contributed by atoms with Crippen LogP contribution < -0.4 is 21.3 Å². The van der Waals surface area contributed by atoms with Crippen LogP contribution in [0.1, 0.15) is 25.3 Å². The molecular weight excluding hydrogens is 396 g/mol. The fourth-order valence-electron chi connectivity index (χ4n) is 2.97. The first-order valence-corrected chi connectivity index (χ1v) is 9.35. The van der Waals surface area contributed by atoms with Crippen molar-refractivity contribution in [2.24, 2.45) is 14.1 Å². The van der Waals surface area contributed by atoms with Crippen LogP contribution >= 0.6 is 11.6 Å². The monoisotopic (exact) mass is 416 g/mol. The summed E-state index contributed by atoms with van der Waals surface area (Å²) in [4.78, 5) is 41.9. The van der Waals surface area contributed by atoms with E-state index in [4.69, 9.17) is 16.3 Å². The molecule has 9 heteroatoms. The molecule has 2 aromatic heterocycles. The highest BCUT2D eigenvalue weighted by molar-refractivity contribution is 6.30. The van der Waals surface area contributed by atoms with E-state index in [1.165, 1.54) is 18.7 Å². The molecule has 0 atom stereocenters. The maximum atomic E-state index is 12.8. The quantitative estimate of drug-likeness (QED) is 0.689. The maximum absolute atomic E-state index is 12.8. The molecule has 0 aliphatic rings. The Balaban J connectivity index is 2.01. The van der Waals surface area contributed by atoms with Crippen LogP contribution in [-0.4, -0.2) is 26.6 Å². The number of fused-ring (bicyclic) bond motifs is 1. The number of anilines is 1. The highest BCUT2D eigenvalue weighted by atomic mass is 35.5. The van der Waals surface area contributed by atoms with Gasteiger partial charge in [-0.1, -0.05) is 25.4 Å². The lowest BCUT2D eigenvalue weighted by molar-refractivity contribution is -0.118. The summed E-state index contributed by atoms with van der Waals surface area (Å²) in [5, 5.41) is 3.52. The van der Waals surface area contributed by atoms with Gasteiger partial charge < -0.3 is 10.1 Å². The summed E-state index contributed by atoms with van der Waals surface area (Å²) >= 11 is 5.84. The molecule has 0 aliphatic carbocycles. The lowest BCUT2D eigenvalue weighted by Gasteiger charge is -2.17. The Morgan fingerprint density at radius 2 is 1.83 bits per heavy atom. The number of pyridine rings is 1. The molecule has 2 heterocycles. The Labute approximate surface area is 171 Å². The highest BCUT2D eigenvalue weighted by Crippen LogP contribution is 2.28. The lowest BCUT2D eigenvalue weighted by Crippen LogP contribution is -2.38. The molecule has 3 rings (SSSR count). The summed E-state index contributed by atoms with van der Waals surface area (Å²) in [6.07, 6.45) is 1.57. The molecule has 0 fully saturated rings. The molecule has 0 bridgehead atoms.